The van der Waals surface area contributed by atoms with Gasteiger partial charge in [0.2, 0.25) is 10.0 Å². The van der Waals surface area contributed by atoms with E-state index in [1.165, 1.54) is 0 Å². The SMILES string of the molecule is CC(C)(C)S(=O)(=O)N1CC(N2C(=O)COc3cc(Cl)ccc32)CC12CCC2. The molecule has 1 spiro atoms. The lowest BCUT2D eigenvalue weighted by atomic mass is 9.75. The summed E-state index contributed by atoms with van der Waals surface area (Å²) in [7, 11) is -3.47. The van der Waals surface area contributed by atoms with Crippen molar-refractivity contribution in [3.63, 3.8) is 0 Å². The van der Waals surface area contributed by atoms with Gasteiger partial charge in [-0.05, 0) is 58.6 Å². The lowest BCUT2D eigenvalue weighted by Crippen LogP contribution is -2.56. The van der Waals surface area contributed by atoms with Gasteiger partial charge in [0, 0.05) is 23.2 Å². The minimum Gasteiger partial charge on any atom is -0.482 e. The molecule has 1 saturated carbocycles. The van der Waals surface area contributed by atoms with E-state index in [0.717, 1.165) is 19.3 Å². The summed E-state index contributed by atoms with van der Waals surface area (Å²) in [5.74, 6) is 0.432. The van der Waals surface area contributed by atoms with Crippen LogP contribution in [0.1, 0.15) is 46.5 Å². The fourth-order valence-electron chi connectivity index (χ4n) is 4.43. The second-order valence-corrected chi connectivity index (χ2v) is 11.8. The van der Waals surface area contributed by atoms with Crippen LogP contribution in [0.2, 0.25) is 5.02 Å². The summed E-state index contributed by atoms with van der Waals surface area (Å²) in [6.07, 6.45) is 3.39. The summed E-state index contributed by atoms with van der Waals surface area (Å²) in [5, 5.41) is 0.543. The van der Waals surface area contributed by atoms with Gasteiger partial charge in [-0.15, -0.1) is 0 Å². The first-order chi connectivity index (χ1) is 12.6. The van der Waals surface area contributed by atoms with E-state index in [9.17, 15) is 13.2 Å². The Kier molecular flexibility index (Phi) is 4.29. The number of carbonyl (C=O) groups is 1. The van der Waals surface area contributed by atoms with Gasteiger partial charge in [-0.25, -0.2) is 8.42 Å². The molecular weight excluding hydrogens is 388 g/mol. The number of ether oxygens (including phenoxy) is 1. The van der Waals surface area contributed by atoms with Crippen LogP contribution in [-0.4, -0.2) is 48.1 Å². The first-order valence-electron chi connectivity index (χ1n) is 9.32. The van der Waals surface area contributed by atoms with E-state index in [-0.39, 0.29) is 24.1 Å². The highest BCUT2D eigenvalue weighted by Crippen LogP contribution is 2.51. The van der Waals surface area contributed by atoms with E-state index in [4.69, 9.17) is 16.3 Å². The van der Waals surface area contributed by atoms with Crippen molar-refractivity contribution in [1.29, 1.82) is 0 Å². The van der Waals surface area contributed by atoms with Gasteiger partial charge in [0.05, 0.1) is 16.5 Å². The Balaban J connectivity index is 1.72. The van der Waals surface area contributed by atoms with Crippen molar-refractivity contribution in [2.24, 2.45) is 0 Å². The molecule has 8 heteroatoms. The summed E-state index contributed by atoms with van der Waals surface area (Å²) in [6, 6.07) is 5.02. The van der Waals surface area contributed by atoms with Crippen molar-refractivity contribution < 1.29 is 17.9 Å². The van der Waals surface area contributed by atoms with Crippen LogP contribution >= 0.6 is 11.6 Å². The number of hydrogen-bond donors (Lipinski definition) is 0. The van der Waals surface area contributed by atoms with Crippen molar-refractivity contribution in [2.75, 3.05) is 18.1 Å². The maximum atomic E-state index is 13.2. The third-order valence-corrected chi connectivity index (χ3v) is 8.94. The number of benzene rings is 1. The third kappa shape index (κ3) is 2.86. The maximum absolute atomic E-state index is 13.2. The number of rotatable bonds is 2. The maximum Gasteiger partial charge on any atom is 0.265 e. The average Bonchev–Trinajstić information content (AvgIpc) is 2.95. The smallest absolute Gasteiger partial charge is 0.265 e. The molecule has 0 bridgehead atoms. The fourth-order valence-corrected chi connectivity index (χ4v) is 6.39. The number of anilines is 1. The zero-order valence-electron chi connectivity index (χ0n) is 15.9. The highest BCUT2D eigenvalue weighted by Gasteiger charge is 2.58. The van der Waals surface area contributed by atoms with Crippen LogP contribution in [0, 0.1) is 0 Å². The Bertz CT molecular complexity index is 889. The first kappa shape index (κ1) is 19.0. The van der Waals surface area contributed by atoms with E-state index >= 15 is 0 Å². The van der Waals surface area contributed by atoms with Crippen LogP contribution in [0.4, 0.5) is 5.69 Å². The molecular formula is C19H25ClN2O4S. The number of sulfonamides is 1. The molecule has 2 aliphatic heterocycles. The Morgan fingerprint density at radius 2 is 1.96 bits per heavy atom. The van der Waals surface area contributed by atoms with Gasteiger partial charge in [-0.2, -0.15) is 4.31 Å². The minimum atomic E-state index is -3.47. The Hall–Kier alpha value is -1.31. The quantitative estimate of drug-likeness (QED) is 0.748. The van der Waals surface area contributed by atoms with Crippen LogP contribution in [-0.2, 0) is 14.8 Å². The summed E-state index contributed by atoms with van der Waals surface area (Å²) in [5.41, 5.74) is 0.312. The Morgan fingerprint density at radius 3 is 2.56 bits per heavy atom. The average molecular weight is 413 g/mol. The topological polar surface area (TPSA) is 66.9 Å². The summed E-state index contributed by atoms with van der Waals surface area (Å²) in [4.78, 5) is 14.4. The van der Waals surface area contributed by atoms with Crippen LogP contribution < -0.4 is 9.64 Å². The second-order valence-electron chi connectivity index (χ2n) is 8.75. The van der Waals surface area contributed by atoms with E-state index in [0.29, 0.717) is 29.4 Å². The molecule has 0 radical (unpaired) electrons. The number of carbonyl (C=O) groups excluding carboxylic acids is 1. The van der Waals surface area contributed by atoms with Crippen molar-refractivity contribution >= 4 is 33.2 Å². The molecule has 0 N–H and O–H groups in total. The number of halogens is 1. The highest BCUT2D eigenvalue weighted by molar-refractivity contribution is 7.90. The first-order valence-corrected chi connectivity index (χ1v) is 11.1. The minimum absolute atomic E-state index is 0.0527. The Labute approximate surface area is 165 Å². The summed E-state index contributed by atoms with van der Waals surface area (Å²) in [6.45, 7) is 5.48. The van der Waals surface area contributed by atoms with Gasteiger partial charge in [0.15, 0.2) is 6.61 Å². The molecule has 1 aliphatic carbocycles. The molecule has 1 aromatic rings. The number of amides is 1. The van der Waals surface area contributed by atoms with Gasteiger partial charge in [0.1, 0.15) is 5.75 Å². The number of hydrogen-bond acceptors (Lipinski definition) is 4. The van der Waals surface area contributed by atoms with Crippen molar-refractivity contribution in [1.82, 2.24) is 4.31 Å². The monoisotopic (exact) mass is 412 g/mol. The van der Waals surface area contributed by atoms with Crippen LogP contribution in [0.5, 0.6) is 5.75 Å². The van der Waals surface area contributed by atoms with Gasteiger partial charge in [-0.1, -0.05) is 11.6 Å². The molecule has 2 fully saturated rings. The molecule has 6 nitrogen and oxygen atoms in total. The molecule has 148 valence electrons. The zero-order valence-corrected chi connectivity index (χ0v) is 17.4. The van der Waals surface area contributed by atoms with Gasteiger partial charge < -0.3 is 9.64 Å². The normalized spacial score (nSPS) is 25.3. The molecule has 1 atom stereocenters. The molecule has 3 aliphatic rings. The van der Waals surface area contributed by atoms with Crippen molar-refractivity contribution in [3.8, 4) is 5.75 Å². The van der Waals surface area contributed by atoms with Crippen LogP contribution in [0.25, 0.3) is 0 Å². The number of fused-ring (bicyclic) bond motifs is 1. The predicted octanol–water partition coefficient (Wildman–Crippen LogP) is 3.19. The molecule has 1 amide bonds. The van der Waals surface area contributed by atoms with Crippen LogP contribution in [0.3, 0.4) is 0 Å². The Morgan fingerprint density at radius 1 is 1.26 bits per heavy atom. The van der Waals surface area contributed by atoms with E-state index < -0.39 is 14.8 Å². The van der Waals surface area contributed by atoms with Gasteiger partial charge in [-0.3, -0.25) is 4.79 Å². The number of nitrogens with zero attached hydrogens (tertiary/aromatic N) is 2. The lowest BCUT2D eigenvalue weighted by Gasteiger charge is -2.46. The van der Waals surface area contributed by atoms with E-state index in [2.05, 4.69) is 0 Å². The molecule has 27 heavy (non-hydrogen) atoms. The molecule has 4 rings (SSSR count). The van der Waals surface area contributed by atoms with E-state index in [1.54, 1.807) is 48.2 Å². The predicted molar refractivity (Wildman–Crippen MR) is 105 cm³/mol. The fraction of sp³-hybridized carbons (Fsp3) is 0.632. The van der Waals surface area contributed by atoms with Gasteiger partial charge >= 0.3 is 0 Å². The third-order valence-electron chi connectivity index (χ3n) is 6.04. The molecule has 1 saturated heterocycles. The van der Waals surface area contributed by atoms with Gasteiger partial charge in [0.25, 0.3) is 5.91 Å². The lowest BCUT2D eigenvalue weighted by molar-refractivity contribution is -0.121. The molecule has 0 aromatic heterocycles. The summed E-state index contributed by atoms with van der Waals surface area (Å²) < 4.78 is 32.8. The second kappa shape index (κ2) is 6.09. The van der Waals surface area contributed by atoms with Crippen molar-refractivity contribution in [3.05, 3.63) is 23.2 Å². The van der Waals surface area contributed by atoms with E-state index in [1.807, 2.05) is 0 Å². The highest BCUT2D eigenvalue weighted by atomic mass is 35.5. The molecule has 2 heterocycles. The molecule has 1 aromatic carbocycles. The van der Waals surface area contributed by atoms with Crippen molar-refractivity contribution in [2.45, 2.75) is 62.8 Å². The molecule has 1 unspecified atom stereocenters. The zero-order chi connectivity index (χ0) is 19.6. The summed E-state index contributed by atoms with van der Waals surface area (Å²) >= 11 is 6.06. The van der Waals surface area contributed by atoms with Crippen LogP contribution in [0.15, 0.2) is 18.2 Å². The largest absolute Gasteiger partial charge is 0.482 e. The standard InChI is InChI=1S/C19H25ClN2O4S/c1-18(2,3)27(24,25)21-11-14(10-19(21)7-4-8-19)22-15-6-5-13(20)9-16(15)26-12-17(22)23/h5-6,9,14H,4,7-8,10-12H2,1-3H3.